The molecular formula is C54H41BN2O2. The second-order valence-corrected chi connectivity index (χ2v) is 17.4. The molecule has 5 aliphatic rings. The number of para-hydroxylation sites is 2. The molecule has 3 aliphatic carbocycles. The van der Waals surface area contributed by atoms with E-state index >= 15 is 0 Å². The molecule has 8 aromatic rings. The Morgan fingerprint density at radius 2 is 1.46 bits per heavy atom. The van der Waals surface area contributed by atoms with E-state index in [1.54, 1.807) is 0 Å². The minimum absolute atomic E-state index is 0.0924. The van der Waals surface area contributed by atoms with E-state index in [-0.39, 0.29) is 12.1 Å². The van der Waals surface area contributed by atoms with Gasteiger partial charge in [0.25, 0.3) is 6.71 Å². The summed E-state index contributed by atoms with van der Waals surface area (Å²) in [5.41, 5.74) is 14.3. The predicted molar refractivity (Wildman–Crippen MR) is 246 cm³/mol. The highest BCUT2D eigenvalue weighted by molar-refractivity contribution is 6.98. The summed E-state index contributed by atoms with van der Waals surface area (Å²) in [5.74, 6) is 4.07. The quantitative estimate of drug-likeness (QED) is 0.133. The number of ether oxygens (including phenoxy) is 2. The second-order valence-electron chi connectivity index (χ2n) is 17.4. The normalized spacial score (nSPS) is 17.9. The topological polar surface area (TPSA) is 28.3 Å². The van der Waals surface area contributed by atoms with Crippen molar-refractivity contribution in [3.63, 3.8) is 0 Å². The lowest BCUT2D eigenvalue weighted by molar-refractivity contribution is 0.457. The van der Waals surface area contributed by atoms with Crippen LogP contribution >= 0.6 is 0 Å². The summed E-state index contributed by atoms with van der Waals surface area (Å²) in [6.45, 7) is 5.50. The molecule has 2 aliphatic heterocycles. The molecular weight excluding hydrogens is 719 g/mol. The van der Waals surface area contributed by atoms with Crippen LogP contribution in [0.5, 0.6) is 23.0 Å². The van der Waals surface area contributed by atoms with Gasteiger partial charge in [0, 0.05) is 67.9 Å². The van der Waals surface area contributed by atoms with Crippen molar-refractivity contribution in [1.29, 1.82) is 0 Å². The summed E-state index contributed by atoms with van der Waals surface area (Å²) in [6.07, 6.45) is 23.4. The standard InChI is InChI=1S/C54H41BN2O2/c1-54(2)40-24-14-11-21-35(40)37-27-28-41-52(50(37)54)59-48-31-46-49(38-23-13-15-25-43(38)56(46)32-33-17-7-3-4-8-18-33)53-51(48)55(41)42-29-39-36-22-12-16-26-44(36)57(45(39)30-47(42)58-53)34-19-9-5-6-10-20-34/h3,5,7-16,18-31,33H,4,6,17,32H2,1-2H3. The van der Waals surface area contributed by atoms with Gasteiger partial charge in [-0.1, -0.05) is 135 Å². The van der Waals surface area contributed by atoms with Gasteiger partial charge in [-0.2, -0.15) is 0 Å². The van der Waals surface area contributed by atoms with Crippen LogP contribution in [0.1, 0.15) is 44.2 Å². The zero-order valence-electron chi connectivity index (χ0n) is 33.2. The van der Waals surface area contributed by atoms with E-state index in [0.29, 0.717) is 5.92 Å². The SMILES string of the molecule is CC1(C)c2ccccc2-c2ccc3c(c21)Oc1cc2c(c4c1B3c1cc3c5ccccc5n(C5=CC=CCC=C5)c3cc1O4)c1ccccc1n2CC1C=CCC=CC1. The highest BCUT2D eigenvalue weighted by Gasteiger charge is 2.47. The first kappa shape index (κ1) is 33.3. The molecule has 5 heteroatoms. The number of rotatable bonds is 3. The van der Waals surface area contributed by atoms with E-state index in [9.17, 15) is 0 Å². The van der Waals surface area contributed by atoms with E-state index in [4.69, 9.17) is 9.47 Å². The van der Waals surface area contributed by atoms with Crippen LogP contribution < -0.4 is 25.9 Å². The van der Waals surface area contributed by atoms with Gasteiger partial charge in [0.05, 0.1) is 16.6 Å². The van der Waals surface area contributed by atoms with E-state index in [1.807, 2.05) is 0 Å². The molecule has 0 fully saturated rings. The number of nitrogens with zero attached hydrogens (tertiary/aromatic N) is 2. The maximum atomic E-state index is 7.46. The Morgan fingerprint density at radius 1 is 0.661 bits per heavy atom. The van der Waals surface area contributed by atoms with Gasteiger partial charge in [0.1, 0.15) is 23.0 Å². The van der Waals surface area contributed by atoms with Crippen molar-refractivity contribution in [1.82, 2.24) is 9.13 Å². The Balaban J connectivity index is 1.13. The first-order chi connectivity index (χ1) is 29.0. The van der Waals surface area contributed by atoms with Crippen LogP contribution in [0.2, 0.25) is 0 Å². The first-order valence-corrected chi connectivity index (χ1v) is 21.2. The summed E-state index contributed by atoms with van der Waals surface area (Å²) < 4.78 is 19.8. The lowest BCUT2D eigenvalue weighted by Gasteiger charge is -2.36. The molecule has 0 saturated heterocycles. The molecule has 1 unspecified atom stereocenters. The fraction of sp³-hybridized carbons (Fsp3) is 0.148. The van der Waals surface area contributed by atoms with Crippen molar-refractivity contribution >= 4 is 72.4 Å². The molecule has 0 amide bonds. The van der Waals surface area contributed by atoms with Crippen molar-refractivity contribution in [3.8, 4) is 34.1 Å². The van der Waals surface area contributed by atoms with Crippen LogP contribution in [-0.2, 0) is 12.0 Å². The molecule has 4 heterocycles. The third-order valence-corrected chi connectivity index (χ3v) is 13.8. The number of hydrogen-bond acceptors (Lipinski definition) is 2. The second kappa shape index (κ2) is 12.2. The Labute approximate surface area is 343 Å². The fourth-order valence-electron chi connectivity index (χ4n) is 11.2. The molecule has 59 heavy (non-hydrogen) atoms. The zero-order valence-corrected chi connectivity index (χ0v) is 33.2. The molecule has 4 nitrogen and oxygen atoms in total. The summed E-state index contributed by atoms with van der Waals surface area (Å²) in [7, 11) is 0. The Bertz CT molecular complexity index is 3330. The number of hydrogen-bond donors (Lipinski definition) is 0. The van der Waals surface area contributed by atoms with Crippen LogP contribution in [0.4, 0.5) is 0 Å². The fourth-order valence-corrected chi connectivity index (χ4v) is 11.2. The smallest absolute Gasteiger partial charge is 0.260 e. The third-order valence-electron chi connectivity index (χ3n) is 13.8. The summed E-state index contributed by atoms with van der Waals surface area (Å²) >= 11 is 0. The largest absolute Gasteiger partial charge is 0.458 e. The van der Waals surface area contributed by atoms with E-state index in [1.165, 1.54) is 60.4 Å². The van der Waals surface area contributed by atoms with Crippen molar-refractivity contribution < 1.29 is 9.47 Å². The highest BCUT2D eigenvalue weighted by Crippen LogP contribution is 2.54. The maximum Gasteiger partial charge on any atom is 0.260 e. The summed E-state index contributed by atoms with van der Waals surface area (Å²) in [5, 5.41) is 4.82. The van der Waals surface area contributed by atoms with E-state index < -0.39 is 0 Å². The van der Waals surface area contributed by atoms with Crippen LogP contribution in [0.25, 0.3) is 60.4 Å². The minimum Gasteiger partial charge on any atom is -0.458 e. The van der Waals surface area contributed by atoms with Gasteiger partial charge in [-0.3, -0.25) is 0 Å². The monoisotopic (exact) mass is 760 g/mol. The molecule has 282 valence electrons. The Morgan fingerprint density at radius 3 is 2.39 bits per heavy atom. The van der Waals surface area contributed by atoms with Gasteiger partial charge in [-0.25, -0.2) is 0 Å². The first-order valence-electron chi connectivity index (χ1n) is 21.2. The van der Waals surface area contributed by atoms with Crippen LogP contribution in [-0.4, -0.2) is 15.8 Å². The van der Waals surface area contributed by atoms with Crippen LogP contribution in [0, 0.1) is 5.92 Å². The molecule has 1 atom stereocenters. The molecule has 0 radical (unpaired) electrons. The molecule has 13 rings (SSSR count). The van der Waals surface area contributed by atoms with Crippen molar-refractivity contribution in [2.75, 3.05) is 0 Å². The molecule has 0 saturated carbocycles. The lowest BCUT2D eigenvalue weighted by Crippen LogP contribution is -2.57. The van der Waals surface area contributed by atoms with Crippen LogP contribution in [0.3, 0.4) is 0 Å². The van der Waals surface area contributed by atoms with Gasteiger partial charge >= 0.3 is 0 Å². The summed E-state index contributed by atoms with van der Waals surface area (Å²) in [4.78, 5) is 0. The zero-order chi connectivity index (χ0) is 39.0. The number of allylic oxidation sites excluding steroid dienone is 10. The van der Waals surface area contributed by atoms with Crippen molar-refractivity contribution in [2.24, 2.45) is 5.92 Å². The molecule has 2 aromatic heterocycles. The van der Waals surface area contributed by atoms with Gasteiger partial charge in [-0.15, -0.1) is 0 Å². The van der Waals surface area contributed by atoms with Gasteiger partial charge in [-0.05, 0) is 77.1 Å². The molecule has 6 aromatic carbocycles. The Hall–Kier alpha value is -6.72. The number of benzene rings is 6. The van der Waals surface area contributed by atoms with Crippen molar-refractivity contribution in [2.45, 2.75) is 45.1 Å². The third kappa shape index (κ3) is 4.56. The predicted octanol–water partition coefficient (Wildman–Crippen LogP) is 11.8. The lowest BCUT2D eigenvalue weighted by atomic mass is 9.34. The van der Waals surface area contributed by atoms with Gasteiger partial charge in [0.15, 0.2) is 0 Å². The number of aromatic nitrogens is 2. The van der Waals surface area contributed by atoms with Gasteiger partial charge in [0.2, 0.25) is 0 Å². The van der Waals surface area contributed by atoms with Gasteiger partial charge < -0.3 is 18.6 Å². The number of fused-ring (bicyclic) bond motifs is 15. The maximum absolute atomic E-state index is 7.46. The highest BCUT2D eigenvalue weighted by atomic mass is 16.5. The van der Waals surface area contributed by atoms with E-state index in [0.717, 1.165) is 76.4 Å². The summed E-state index contributed by atoms with van der Waals surface area (Å²) in [6, 6.07) is 38.4. The average Bonchev–Trinajstić information content (AvgIpc) is 3.55. The molecule has 0 bridgehead atoms. The Kier molecular flexibility index (Phi) is 6.86. The van der Waals surface area contributed by atoms with Crippen molar-refractivity contribution in [3.05, 3.63) is 169 Å². The minimum atomic E-state index is -0.240. The van der Waals surface area contributed by atoms with Crippen LogP contribution in [0.15, 0.2) is 158 Å². The molecule has 0 N–H and O–H groups in total. The molecule has 0 spiro atoms. The van der Waals surface area contributed by atoms with E-state index in [2.05, 4.69) is 181 Å². The average molecular weight is 761 g/mol.